The smallest absolute Gasteiger partial charge is 0.266 e. The molecule has 27 heavy (non-hydrogen) atoms. The second-order valence-corrected chi connectivity index (χ2v) is 9.23. The number of hydrogen-bond acceptors (Lipinski definition) is 5. The lowest BCUT2D eigenvalue weighted by Gasteiger charge is -2.21. The molecule has 1 heterocycles. The Morgan fingerprint density at radius 1 is 1.19 bits per heavy atom. The Labute approximate surface area is 165 Å². The topological polar surface area (TPSA) is 71.1 Å². The number of nitrogens with one attached hydrogen (secondary N) is 2. The third kappa shape index (κ3) is 3.65. The number of benzene rings is 2. The molecule has 1 aliphatic rings. The minimum Gasteiger partial charge on any atom is -0.374 e. The number of hydrogen-bond donors (Lipinski definition) is 2. The SMILES string of the molecule is O=S(=O)(Nc1nccs1)c1cc(Cl)c(NC2(c3ccccc3)CC2)cc1F. The van der Waals surface area contributed by atoms with Crippen LogP contribution in [0.2, 0.25) is 5.02 Å². The molecule has 0 atom stereocenters. The van der Waals surface area contributed by atoms with Crippen LogP contribution < -0.4 is 10.0 Å². The van der Waals surface area contributed by atoms with E-state index in [0.29, 0.717) is 5.69 Å². The van der Waals surface area contributed by atoms with Crippen molar-refractivity contribution in [3.05, 3.63) is 70.4 Å². The number of anilines is 2. The van der Waals surface area contributed by atoms with Gasteiger partial charge in [0.25, 0.3) is 10.0 Å². The second-order valence-electron chi connectivity index (χ2n) is 6.28. The highest BCUT2D eigenvalue weighted by Gasteiger charge is 2.44. The van der Waals surface area contributed by atoms with E-state index >= 15 is 0 Å². The summed E-state index contributed by atoms with van der Waals surface area (Å²) in [5.74, 6) is -0.880. The molecule has 140 valence electrons. The summed E-state index contributed by atoms with van der Waals surface area (Å²) in [6.45, 7) is 0. The van der Waals surface area contributed by atoms with Crippen molar-refractivity contribution in [2.75, 3.05) is 10.0 Å². The third-order valence-electron chi connectivity index (χ3n) is 4.42. The van der Waals surface area contributed by atoms with Gasteiger partial charge < -0.3 is 5.32 Å². The lowest BCUT2D eigenvalue weighted by Crippen LogP contribution is -2.20. The van der Waals surface area contributed by atoms with E-state index in [2.05, 4.69) is 15.0 Å². The molecule has 3 aromatic rings. The first-order valence-electron chi connectivity index (χ1n) is 8.15. The zero-order valence-electron chi connectivity index (χ0n) is 13.9. The van der Waals surface area contributed by atoms with Crippen molar-refractivity contribution in [3.8, 4) is 0 Å². The maximum absolute atomic E-state index is 14.6. The van der Waals surface area contributed by atoms with Crippen LogP contribution in [-0.4, -0.2) is 13.4 Å². The van der Waals surface area contributed by atoms with Gasteiger partial charge in [0.15, 0.2) is 5.13 Å². The molecule has 2 aromatic carbocycles. The zero-order chi connectivity index (χ0) is 19.1. The second kappa shape index (κ2) is 6.78. The summed E-state index contributed by atoms with van der Waals surface area (Å²) in [5.41, 5.74) is 1.16. The molecule has 1 aromatic heterocycles. The van der Waals surface area contributed by atoms with Crippen LogP contribution in [0.15, 0.2) is 58.9 Å². The van der Waals surface area contributed by atoms with Crippen LogP contribution in [0.1, 0.15) is 18.4 Å². The van der Waals surface area contributed by atoms with Crippen LogP contribution in [0.4, 0.5) is 15.2 Å². The Hall–Kier alpha value is -2.16. The van der Waals surface area contributed by atoms with E-state index in [-0.39, 0.29) is 15.7 Å². The molecule has 0 unspecified atom stereocenters. The predicted molar refractivity (Wildman–Crippen MR) is 105 cm³/mol. The molecule has 0 amide bonds. The molecule has 1 saturated carbocycles. The summed E-state index contributed by atoms with van der Waals surface area (Å²) in [6, 6.07) is 12.1. The van der Waals surface area contributed by atoms with E-state index in [1.165, 1.54) is 6.20 Å². The number of thiazole rings is 1. The summed E-state index contributed by atoms with van der Waals surface area (Å²) in [5, 5.41) is 5.20. The normalized spacial score (nSPS) is 15.3. The van der Waals surface area contributed by atoms with Gasteiger partial charge in [0.1, 0.15) is 10.7 Å². The van der Waals surface area contributed by atoms with Crippen LogP contribution in [0.5, 0.6) is 0 Å². The maximum atomic E-state index is 14.6. The molecule has 0 aliphatic heterocycles. The molecule has 9 heteroatoms. The van der Waals surface area contributed by atoms with E-state index in [1.807, 2.05) is 30.3 Å². The molecule has 2 N–H and O–H groups in total. The Kier molecular flexibility index (Phi) is 4.57. The zero-order valence-corrected chi connectivity index (χ0v) is 16.3. The summed E-state index contributed by atoms with van der Waals surface area (Å²) < 4.78 is 41.7. The van der Waals surface area contributed by atoms with Gasteiger partial charge >= 0.3 is 0 Å². The van der Waals surface area contributed by atoms with Crippen LogP contribution in [0.25, 0.3) is 0 Å². The number of halogens is 2. The van der Waals surface area contributed by atoms with Gasteiger partial charge in [-0.05, 0) is 30.5 Å². The lowest BCUT2D eigenvalue weighted by atomic mass is 10.0. The number of nitrogens with zero attached hydrogens (tertiary/aromatic N) is 1. The van der Waals surface area contributed by atoms with Crippen molar-refractivity contribution in [1.82, 2.24) is 4.98 Å². The first-order chi connectivity index (χ1) is 12.9. The van der Waals surface area contributed by atoms with Gasteiger partial charge in [0, 0.05) is 11.6 Å². The fourth-order valence-corrected chi connectivity index (χ4v) is 5.05. The lowest BCUT2D eigenvalue weighted by molar-refractivity contribution is 0.570. The van der Waals surface area contributed by atoms with Crippen molar-refractivity contribution in [2.45, 2.75) is 23.3 Å². The van der Waals surface area contributed by atoms with Gasteiger partial charge in [-0.1, -0.05) is 41.9 Å². The molecular formula is C18H15ClFN3O2S2. The average Bonchev–Trinajstić information content (AvgIpc) is 3.25. The number of sulfonamides is 1. The first-order valence-corrected chi connectivity index (χ1v) is 10.9. The standard InChI is InChI=1S/C18H15ClFN3O2S2/c19-13-10-16(27(24,25)23-17-21-8-9-26-17)14(20)11-15(13)22-18(6-7-18)12-4-2-1-3-5-12/h1-5,8-11,22H,6-7H2,(H,21,23). The van der Waals surface area contributed by atoms with E-state index in [0.717, 1.165) is 41.9 Å². The van der Waals surface area contributed by atoms with Crippen LogP contribution in [-0.2, 0) is 15.6 Å². The van der Waals surface area contributed by atoms with Crippen molar-refractivity contribution < 1.29 is 12.8 Å². The van der Waals surface area contributed by atoms with Gasteiger partial charge in [-0.25, -0.2) is 17.8 Å². The Morgan fingerprint density at radius 2 is 1.93 bits per heavy atom. The fraction of sp³-hybridized carbons (Fsp3) is 0.167. The van der Waals surface area contributed by atoms with Crippen LogP contribution in [0.3, 0.4) is 0 Å². The minimum atomic E-state index is -4.12. The summed E-state index contributed by atoms with van der Waals surface area (Å²) in [6.07, 6.45) is 3.23. The maximum Gasteiger partial charge on any atom is 0.266 e. The molecule has 1 fully saturated rings. The number of aromatic nitrogens is 1. The van der Waals surface area contributed by atoms with Gasteiger partial charge in [-0.3, -0.25) is 4.72 Å². The molecule has 0 radical (unpaired) electrons. The predicted octanol–water partition coefficient (Wildman–Crippen LogP) is 4.84. The average molecular weight is 424 g/mol. The largest absolute Gasteiger partial charge is 0.374 e. The van der Waals surface area contributed by atoms with E-state index in [9.17, 15) is 12.8 Å². The number of rotatable bonds is 6. The third-order valence-corrected chi connectivity index (χ3v) is 6.90. The van der Waals surface area contributed by atoms with Crippen molar-refractivity contribution in [1.29, 1.82) is 0 Å². The van der Waals surface area contributed by atoms with Crippen molar-refractivity contribution in [3.63, 3.8) is 0 Å². The highest BCUT2D eigenvalue weighted by Crippen LogP contribution is 2.49. The Morgan fingerprint density at radius 3 is 2.56 bits per heavy atom. The highest BCUT2D eigenvalue weighted by molar-refractivity contribution is 7.93. The van der Waals surface area contributed by atoms with Crippen LogP contribution >= 0.6 is 22.9 Å². The van der Waals surface area contributed by atoms with E-state index in [1.54, 1.807) is 5.38 Å². The van der Waals surface area contributed by atoms with E-state index < -0.39 is 20.7 Å². The summed E-state index contributed by atoms with van der Waals surface area (Å²) >= 11 is 7.38. The first kappa shape index (κ1) is 18.2. The fourth-order valence-electron chi connectivity index (χ4n) is 2.90. The molecule has 1 aliphatic carbocycles. The Balaban J connectivity index is 1.63. The minimum absolute atomic E-state index is 0.137. The van der Waals surface area contributed by atoms with Crippen molar-refractivity contribution in [2.24, 2.45) is 0 Å². The van der Waals surface area contributed by atoms with Gasteiger partial charge in [0.05, 0.1) is 16.2 Å². The monoisotopic (exact) mass is 423 g/mol. The van der Waals surface area contributed by atoms with Gasteiger partial charge in [0.2, 0.25) is 0 Å². The molecule has 0 saturated heterocycles. The Bertz CT molecular complexity index is 1070. The quantitative estimate of drug-likeness (QED) is 0.595. The molecular weight excluding hydrogens is 409 g/mol. The summed E-state index contributed by atoms with van der Waals surface area (Å²) in [7, 11) is -4.12. The van der Waals surface area contributed by atoms with Gasteiger partial charge in [-0.2, -0.15) is 0 Å². The van der Waals surface area contributed by atoms with Crippen molar-refractivity contribution >= 4 is 43.8 Å². The molecule has 0 spiro atoms. The highest BCUT2D eigenvalue weighted by atomic mass is 35.5. The molecule has 5 nitrogen and oxygen atoms in total. The van der Waals surface area contributed by atoms with Gasteiger partial charge in [-0.15, -0.1) is 11.3 Å². The van der Waals surface area contributed by atoms with Crippen LogP contribution in [0, 0.1) is 5.82 Å². The molecule has 0 bridgehead atoms. The van der Waals surface area contributed by atoms with E-state index in [4.69, 9.17) is 11.6 Å². The molecule has 4 rings (SSSR count). The summed E-state index contributed by atoms with van der Waals surface area (Å²) in [4.78, 5) is 3.33.